The Hall–Kier alpha value is -0.160. The first-order chi connectivity index (χ1) is 8.38. The van der Waals surface area contributed by atoms with Crippen LogP contribution in [0.3, 0.4) is 0 Å². The van der Waals surface area contributed by atoms with Gasteiger partial charge in [0.05, 0.1) is 26.4 Å². The van der Waals surface area contributed by atoms with Crippen molar-refractivity contribution in [1.29, 1.82) is 0 Å². The van der Waals surface area contributed by atoms with E-state index in [-0.39, 0.29) is 0 Å². The molecule has 1 N–H and O–H groups in total. The first-order valence-electron chi connectivity index (χ1n) is 6.76. The standard InChI is InChI=1S/C13H27NO3/c1-3-6-14-13(11-17-9-8-15-2)12-5-4-7-16-10-12/h12-14H,3-11H2,1-2H3. The van der Waals surface area contributed by atoms with Gasteiger partial charge in [0.15, 0.2) is 0 Å². The maximum atomic E-state index is 5.64. The molecule has 2 unspecified atom stereocenters. The Balaban J connectivity index is 2.25. The fourth-order valence-corrected chi connectivity index (χ4v) is 2.13. The number of hydrogen-bond donors (Lipinski definition) is 1. The quantitative estimate of drug-likeness (QED) is 0.624. The molecule has 102 valence electrons. The van der Waals surface area contributed by atoms with Crippen LogP contribution in [0.15, 0.2) is 0 Å². The summed E-state index contributed by atoms with van der Waals surface area (Å²) in [4.78, 5) is 0. The average molecular weight is 245 g/mol. The monoisotopic (exact) mass is 245 g/mol. The molecular weight excluding hydrogens is 218 g/mol. The van der Waals surface area contributed by atoms with E-state index in [1.165, 1.54) is 12.8 Å². The second-order valence-electron chi connectivity index (χ2n) is 4.61. The Bertz CT molecular complexity index is 172. The number of methoxy groups -OCH3 is 1. The number of hydrogen-bond acceptors (Lipinski definition) is 4. The van der Waals surface area contributed by atoms with Crippen LogP contribution in [0.1, 0.15) is 26.2 Å². The van der Waals surface area contributed by atoms with Gasteiger partial charge in [-0.05, 0) is 31.7 Å². The largest absolute Gasteiger partial charge is 0.382 e. The van der Waals surface area contributed by atoms with E-state index in [2.05, 4.69) is 12.2 Å². The van der Waals surface area contributed by atoms with Gasteiger partial charge < -0.3 is 19.5 Å². The normalized spacial score (nSPS) is 22.6. The number of nitrogens with one attached hydrogen (secondary N) is 1. The zero-order valence-corrected chi connectivity index (χ0v) is 11.2. The van der Waals surface area contributed by atoms with Gasteiger partial charge in [-0.2, -0.15) is 0 Å². The van der Waals surface area contributed by atoms with Crippen molar-refractivity contribution >= 4 is 0 Å². The molecule has 0 aliphatic carbocycles. The smallest absolute Gasteiger partial charge is 0.0701 e. The average Bonchev–Trinajstić information content (AvgIpc) is 2.39. The molecule has 1 rings (SSSR count). The lowest BCUT2D eigenvalue weighted by Gasteiger charge is -2.30. The Morgan fingerprint density at radius 3 is 2.94 bits per heavy atom. The van der Waals surface area contributed by atoms with E-state index < -0.39 is 0 Å². The second-order valence-corrected chi connectivity index (χ2v) is 4.61. The first-order valence-corrected chi connectivity index (χ1v) is 6.76. The SMILES string of the molecule is CCCNC(COCCOC)C1CCCOC1. The van der Waals surface area contributed by atoms with Crippen LogP contribution in [0.4, 0.5) is 0 Å². The molecule has 1 fully saturated rings. The minimum Gasteiger partial charge on any atom is -0.382 e. The van der Waals surface area contributed by atoms with E-state index >= 15 is 0 Å². The lowest BCUT2D eigenvalue weighted by atomic mass is 9.94. The fraction of sp³-hybridized carbons (Fsp3) is 1.00. The molecule has 0 bridgehead atoms. The van der Waals surface area contributed by atoms with Crippen molar-refractivity contribution < 1.29 is 14.2 Å². The number of rotatable bonds is 9. The van der Waals surface area contributed by atoms with Gasteiger partial charge >= 0.3 is 0 Å². The summed E-state index contributed by atoms with van der Waals surface area (Å²) in [6.07, 6.45) is 3.57. The topological polar surface area (TPSA) is 39.7 Å². The van der Waals surface area contributed by atoms with Gasteiger partial charge in [-0.3, -0.25) is 0 Å². The van der Waals surface area contributed by atoms with Crippen molar-refractivity contribution in [3.05, 3.63) is 0 Å². The Labute approximate surface area is 105 Å². The summed E-state index contributed by atoms with van der Waals surface area (Å²) in [5.74, 6) is 0.595. The maximum Gasteiger partial charge on any atom is 0.0701 e. The molecule has 1 aliphatic heterocycles. The molecule has 1 heterocycles. The molecule has 0 amide bonds. The summed E-state index contributed by atoms with van der Waals surface area (Å²) in [7, 11) is 1.70. The fourth-order valence-electron chi connectivity index (χ4n) is 2.13. The van der Waals surface area contributed by atoms with Crippen LogP contribution in [-0.4, -0.2) is 52.7 Å². The van der Waals surface area contributed by atoms with Crippen molar-refractivity contribution in [2.45, 2.75) is 32.2 Å². The highest BCUT2D eigenvalue weighted by atomic mass is 16.5. The Morgan fingerprint density at radius 2 is 2.29 bits per heavy atom. The van der Waals surface area contributed by atoms with Crippen LogP contribution < -0.4 is 5.32 Å². The molecule has 0 aromatic heterocycles. The van der Waals surface area contributed by atoms with Gasteiger partial charge in [0.25, 0.3) is 0 Å². The van der Waals surface area contributed by atoms with E-state index in [0.717, 1.165) is 32.8 Å². The van der Waals surface area contributed by atoms with Gasteiger partial charge in [0, 0.05) is 19.8 Å². The van der Waals surface area contributed by atoms with Gasteiger partial charge in [-0.25, -0.2) is 0 Å². The third-order valence-electron chi connectivity index (χ3n) is 3.15. The third-order valence-corrected chi connectivity index (χ3v) is 3.15. The van der Waals surface area contributed by atoms with E-state index in [9.17, 15) is 0 Å². The van der Waals surface area contributed by atoms with E-state index in [1.807, 2.05) is 0 Å². The van der Waals surface area contributed by atoms with Crippen molar-refractivity contribution in [1.82, 2.24) is 5.32 Å². The molecule has 0 aromatic rings. The molecule has 0 radical (unpaired) electrons. The van der Waals surface area contributed by atoms with Crippen LogP contribution >= 0.6 is 0 Å². The Kier molecular flexibility index (Phi) is 8.61. The number of ether oxygens (including phenoxy) is 3. The van der Waals surface area contributed by atoms with Crippen LogP contribution in [0.2, 0.25) is 0 Å². The third kappa shape index (κ3) is 6.36. The molecule has 0 spiro atoms. The molecule has 1 saturated heterocycles. The molecular formula is C13H27NO3. The van der Waals surface area contributed by atoms with Crippen LogP contribution in [-0.2, 0) is 14.2 Å². The minimum absolute atomic E-state index is 0.423. The lowest BCUT2D eigenvalue weighted by Crippen LogP contribution is -2.44. The van der Waals surface area contributed by atoms with Crippen LogP contribution in [0.5, 0.6) is 0 Å². The predicted octanol–water partition coefficient (Wildman–Crippen LogP) is 1.44. The van der Waals surface area contributed by atoms with Crippen molar-refractivity contribution in [2.75, 3.05) is 46.7 Å². The summed E-state index contributed by atoms with van der Waals surface area (Å²) < 4.78 is 16.2. The van der Waals surface area contributed by atoms with Gasteiger partial charge in [0.1, 0.15) is 0 Å². The second kappa shape index (κ2) is 9.83. The van der Waals surface area contributed by atoms with Gasteiger partial charge in [-0.1, -0.05) is 6.92 Å². The molecule has 2 atom stereocenters. The zero-order valence-electron chi connectivity index (χ0n) is 11.2. The van der Waals surface area contributed by atoms with Crippen molar-refractivity contribution in [2.24, 2.45) is 5.92 Å². The van der Waals surface area contributed by atoms with Crippen molar-refractivity contribution in [3.63, 3.8) is 0 Å². The van der Waals surface area contributed by atoms with E-state index in [0.29, 0.717) is 25.2 Å². The first kappa shape index (κ1) is 14.9. The molecule has 4 heteroatoms. The molecule has 17 heavy (non-hydrogen) atoms. The molecule has 4 nitrogen and oxygen atoms in total. The van der Waals surface area contributed by atoms with Crippen LogP contribution in [0, 0.1) is 5.92 Å². The predicted molar refractivity (Wildman–Crippen MR) is 68.3 cm³/mol. The minimum atomic E-state index is 0.423. The lowest BCUT2D eigenvalue weighted by molar-refractivity contribution is 0.00534. The van der Waals surface area contributed by atoms with E-state index in [1.54, 1.807) is 7.11 Å². The highest BCUT2D eigenvalue weighted by molar-refractivity contribution is 4.78. The summed E-state index contributed by atoms with van der Waals surface area (Å²) in [5.41, 5.74) is 0. The highest BCUT2D eigenvalue weighted by Gasteiger charge is 2.23. The molecule has 0 aromatic carbocycles. The van der Waals surface area contributed by atoms with E-state index in [4.69, 9.17) is 14.2 Å². The van der Waals surface area contributed by atoms with Gasteiger partial charge in [0.2, 0.25) is 0 Å². The van der Waals surface area contributed by atoms with Crippen LogP contribution in [0.25, 0.3) is 0 Å². The highest BCUT2D eigenvalue weighted by Crippen LogP contribution is 2.17. The molecule has 1 aliphatic rings. The summed E-state index contributed by atoms with van der Waals surface area (Å²) in [5, 5.41) is 3.57. The van der Waals surface area contributed by atoms with Gasteiger partial charge in [-0.15, -0.1) is 0 Å². The Morgan fingerprint density at radius 1 is 1.41 bits per heavy atom. The summed E-state index contributed by atoms with van der Waals surface area (Å²) in [6.45, 7) is 7.13. The van der Waals surface area contributed by atoms with Crippen molar-refractivity contribution in [3.8, 4) is 0 Å². The summed E-state index contributed by atoms with van der Waals surface area (Å²) in [6, 6.07) is 0.423. The maximum absolute atomic E-state index is 5.64. The zero-order chi connectivity index (χ0) is 12.3. The summed E-state index contributed by atoms with van der Waals surface area (Å²) >= 11 is 0. The molecule has 0 saturated carbocycles.